The van der Waals surface area contributed by atoms with Crippen molar-refractivity contribution in [2.75, 3.05) is 26.7 Å². The van der Waals surface area contributed by atoms with E-state index in [1.54, 1.807) is 0 Å². The van der Waals surface area contributed by atoms with Crippen molar-refractivity contribution in [1.82, 2.24) is 4.90 Å². The molecule has 3 heterocycles. The fourth-order valence-corrected chi connectivity index (χ4v) is 8.63. The summed E-state index contributed by atoms with van der Waals surface area (Å²) in [6.45, 7) is 6.24. The van der Waals surface area contributed by atoms with Crippen LogP contribution in [0.5, 0.6) is 0 Å². The van der Waals surface area contributed by atoms with Crippen LogP contribution in [0.2, 0.25) is 0 Å². The third kappa shape index (κ3) is 1.98. The lowest BCUT2D eigenvalue weighted by atomic mass is 9.41. The molecule has 6 heteroatoms. The molecule has 0 aromatic rings. The Morgan fingerprint density at radius 2 is 2.03 bits per heavy atom. The van der Waals surface area contributed by atoms with Crippen LogP contribution in [-0.2, 0) is 9.47 Å². The van der Waals surface area contributed by atoms with Crippen LogP contribution in [0, 0.1) is 16.7 Å². The Morgan fingerprint density at radius 1 is 1.23 bits per heavy atom. The van der Waals surface area contributed by atoms with Crippen molar-refractivity contribution in [1.29, 1.82) is 0 Å². The molecule has 1 spiro atoms. The number of aliphatic hydroxyl groups is 3. The lowest BCUT2D eigenvalue weighted by molar-refractivity contribution is -0.401. The van der Waals surface area contributed by atoms with Gasteiger partial charge in [-0.2, -0.15) is 0 Å². The van der Waals surface area contributed by atoms with Crippen LogP contribution >= 0.6 is 0 Å². The summed E-state index contributed by atoms with van der Waals surface area (Å²) in [5, 5.41) is 33.9. The summed E-state index contributed by atoms with van der Waals surface area (Å²) in [5.41, 5.74) is -0.252. The highest BCUT2D eigenvalue weighted by Gasteiger charge is 2.79. The van der Waals surface area contributed by atoms with E-state index in [1.165, 1.54) is 0 Å². The molecule has 0 amide bonds. The number of hydrogen-bond donors (Lipinski definition) is 3. The first kappa shape index (κ1) is 19.9. The minimum Gasteiger partial charge on any atom is -0.390 e. The van der Waals surface area contributed by atoms with Crippen molar-refractivity contribution in [3.8, 4) is 0 Å². The van der Waals surface area contributed by atoms with Gasteiger partial charge in [-0.15, -0.1) is 0 Å². The third-order valence-electron chi connectivity index (χ3n) is 9.90. The van der Waals surface area contributed by atoms with Gasteiger partial charge < -0.3 is 29.7 Å². The molecule has 3 N–H and O–H groups in total. The second-order valence-corrected chi connectivity index (χ2v) is 11.2. The van der Waals surface area contributed by atoms with E-state index in [-0.39, 0.29) is 5.41 Å². The Balaban J connectivity index is 1.60. The molecule has 0 aromatic heterocycles. The van der Waals surface area contributed by atoms with E-state index in [0.717, 1.165) is 37.1 Å². The van der Waals surface area contributed by atoms with Crippen LogP contribution in [0.4, 0.5) is 0 Å². The minimum atomic E-state index is -1.17. The quantitative estimate of drug-likeness (QED) is 0.564. The second-order valence-electron chi connectivity index (χ2n) is 11.2. The molecule has 4 bridgehead atoms. The molecule has 4 aliphatic carbocycles. The van der Waals surface area contributed by atoms with Gasteiger partial charge in [0.1, 0.15) is 11.2 Å². The van der Waals surface area contributed by atoms with Crippen molar-refractivity contribution >= 4 is 0 Å². The van der Waals surface area contributed by atoms with Gasteiger partial charge >= 0.3 is 0 Å². The maximum atomic E-state index is 11.9. The van der Waals surface area contributed by atoms with Gasteiger partial charge in [-0.1, -0.05) is 19.1 Å². The average molecular weight is 418 g/mol. The van der Waals surface area contributed by atoms with Gasteiger partial charge in [0.15, 0.2) is 5.79 Å². The Hall–Kier alpha value is -0.760. The van der Waals surface area contributed by atoms with Gasteiger partial charge in [0, 0.05) is 36.8 Å². The third-order valence-corrected chi connectivity index (χ3v) is 9.90. The van der Waals surface area contributed by atoms with E-state index >= 15 is 0 Å². The van der Waals surface area contributed by atoms with Crippen molar-refractivity contribution in [3.63, 3.8) is 0 Å². The predicted octanol–water partition coefficient (Wildman–Crippen LogP) is 1.74. The highest BCUT2D eigenvalue weighted by Crippen LogP contribution is 2.74. The number of nitrogens with zero attached hydrogens (tertiary/aromatic N) is 1. The largest absolute Gasteiger partial charge is 0.390 e. The maximum Gasteiger partial charge on any atom is 0.167 e. The van der Waals surface area contributed by atoms with E-state index in [2.05, 4.69) is 31.0 Å². The fourth-order valence-electron chi connectivity index (χ4n) is 8.63. The Labute approximate surface area is 178 Å². The molecule has 6 nitrogen and oxygen atoms in total. The number of hydrogen-bond acceptors (Lipinski definition) is 6. The van der Waals surface area contributed by atoms with Gasteiger partial charge in [-0.25, -0.2) is 0 Å². The molecular weight excluding hydrogens is 382 g/mol. The first-order valence-electron chi connectivity index (χ1n) is 11.7. The monoisotopic (exact) mass is 417 g/mol. The molecule has 7 aliphatic rings. The molecule has 3 saturated heterocycles. The molecular formula is C24H35NO5. The highest BCUT2D eigenvalue weighted by molar-refractivity contribution is 5.52. The number of ether oxygens (including phenoxy) is 2. The molecule has 8 atom stereocenters. The molecule has 166 valence electrons. The zero-order valence-corrected chi connectivity index (χ0v) is 18.4. The summed E-state index contributed by atoms with van der Waals surface area (Å²) in [7, 11) is 2.09. The van der Waals surface area contributed by atoms with E-state index in [0.29, 0.717) is 38.2 Å². The summed E-state index contributed by atoms with van der Waals surface area (Å²) in [4.78, 5) is 2.27. The van der Waals surface area contributed by atoms with E-state index in [9.17, 15) is 15.3 Å². The van der Waals surface area contributed by atoms with Gasteiger partial charge in [0.25, 0.3) is 0 Å². The smallest absolute Gasteiger partial charge is 0.167 e. The van der Waals surface area contributed by atoms with Gasteiger partial charge in [-0.3, -0.25) is 0 Å². The van der Waals surface area contributed by atoms with Crippen LogP contribution in [0.15, 0.2) is 23.3 Å². The summed E-state index contributed by atoms with van der Waals surface area (Å²) < 4.78 is 13.4. The lowest BCUT2D eigenvalue weighted by Gasteiger charge is -2.73. The maximum absolute atomic E-state index is 11.9. The van der Waals surface area contributed by atoms with Crippen LogP contribution < -0.4 is 0 Å². The molecule has 5 fully saturated rings. The van der Waals surface area contributed by atoms with E-state index < -0.39 is 34.6 Å². The average Bonchev–Trinajstić information content (AvgIpc) is 2.88. The predicted molar refractivity (Wildman–Crippen MR) is 111 cm³/mol. The van der Waals surface area contributed by atoms with Gasteiger partial charge in [-0.05, 0) is 56.7 Å². The summed E-state index contributed by atoms with van der Waals surface area (Å²) in [6, 6.07) is 0. The fraction of sp³-hybridized carbons (Fsp3) is 0.833. The number of aliphatic hydroxyl groups excluding tert-OH is 2. The minimum absolute atomic E-state index is 0.225. The van der Waals surface area contributed by atoms with Crippen molar-refractivity contribution < 1.29 is 24.8 Å². The SMILES string of the molecule is CC(O)C1=CC[C@@]23OCCN(C)C[C@@]12C[C@@H](O)[C@]12O[C@@]4(O)CC[C@@]1(C)[C@H](CC=C32)C4. The molecule has 1 unspecified atom stereocenters. The Bertz CT molecular complexity index is 855. The summed E-state index contributed by atoms with van der Waals surface area (Å²) in [6.07, 6.45) is 7.24. The topological polar surface area (TPSA) is 82.4 Å². The van der Waals surface area contributed by atoms with E-state index in [4.69, 9.17) is 9.47 Å². The molecule has 2 saturated carbocycles. The summed E-state index contributed by atoms with van der Waals surface area (Å²) in [5.74, 6) is -0.869. The van der Waals surface area contributed by atoms with Crippen molar-refractivity contribution in [2.24, 2.45) is 16.7 Å². The highest BCUT2D eigenvalue weighted by atomic mass is 16.7. The van der Waals surface area contributed by atoms with Crippen LogP contribution in [-0.4, -0.2) is 76.2 Å². The first-order chi connectivity index (χ1) is 14.1. The van der Waals surface area contributed by atoms with Crippen molar-refractivity contribution in [3.05, 3.63) is 23.3 Å². The second kappa shape index (κ2) is 5.77. The molecule has 3 aliphatic heterocycles. The number of rotatable bonds is 1. The molecule has 0 radical (unpaired) electrons. The normalized spacial score (nSPS) is 55.7. The summed E-state index contributed by atoms with van der Waals surface area (Å²) >= 11 is 0. The standard InChI is InChI=1S/C24H35NO5/c1-15(26)17-6-7-23-18-5-4-16-12-22(28)9-8-20(16,2)24(18,30-22)19(27)13-21(17,23)14-25(3)10-11-29-23/h5-6,15-16,19,26-28H,4,7-14H2,1-3H3/t15?,16-,19-,20+,21+,22+,23+,24+/m1/s1. The van der Waals surface area contributed by atoms with Crippen LogP contribution in [0.25, 0.3) is 0 Å². The molecule has 7 rings (SSSR count). The zero-order valence-electron chi connectivity index (χ0n) is 18.4. The van der Waals surface area contributed by atoms with Crippen LogP contribution in [0.3, 0.4) is 0 Å². The van der Waals surface area contributed by atoms with E-state index in [1.807, 2.05) is 6.92 Å². The Kier molecular flexibility index (Phi) is 3.83. The lowest BCUT2D eigenvalue weighted by Crippen LogP contribution is -2.79. The molecule has 0 aromatic carbocycles. The zero-order chi connectivity index (χ0) is 21.2. The van der Waals surface area contributed by atoms with Crippen molar-refractivity contribution in [2.45, 2.75) is 81.6 Å². The first-order valence-corrected chi connectivity index (χ1v) is 11.7. The van der Waals surface area contributed by atoms with Gasteiger partial charge in [0.05, 0.1) is 18.8 Å². The molecule has 30 heavy (non-hydrogen) atoms. The number of fused-ring (bicyclic) bond motifs is 1. The number of likely N-dealkylation sites (N-methyl/N-ethyl adjacent to an activating group) is 1. The Morgan fingerprint density at radius 3 is 2.80 bits per heavy atom. The van der Waals surface area contributed by atoms with Gasteiger partial charge in [0.2, 0.25) is 0 Å². The number of allylic oxidation sites excluding steroid dienone is 1. The van der Waals surface area contributed by atoms with Crippen LogP contribution in [0.1, 0.15) is 52.4 Å².